The van der Waals surface area contributed by atoms with E-state index in [1.807, 2.05) is 0 Å². The predicted octanol–water partition coefficient (Wildman–Crippen LogP) is 2.86. The van der Waals surface area contributed by atoms with Crippen molar-refractivity contribution in [1.82, 2.24) is 0 Å². The van der Waals surface area contributed by atoms with Crippen molar-refractivity contribution in [3.05, 3.63) is 29.3 Å². The van der Waals surface area contributed by atoms with Gasteiger partial charge < -0.3 is 14.6 Å². The van der Waals surface area contributed by atoms with Crippen LogP contribution in [0, 0.1) is 0 Å². The third-order valence-electron chi connectivity index (χ3n) is 2.46. The van der Waals surface area contributed by atoms with Gasteiger partial charge in [-0.05, 0) is 24.6 Å². The molecule has 0 aromatic heterocycles. The van der Waals surface area contributed by atoms with Crippen LogP contribution in [0.3, 0.4) is 0 Å². The van der Waals surface area contributed by atoms with Crippen molar-refractivity contribution in [2.75, 3.05) is 7.11 Å². The molecule has 0 saturated heterocycles. The molecule has 19 heavy (non-hydrogen) atoms. The molecule has 106 valence electrons. The summed E-state index contributed by atoms with van der Waals surface area (Å²) in [6, 6.07) is 4.05. The van der Waals surface area contributed by atoms with Gasteiger partial charge in [-0.15, -0.1) is 0 Å². The molecular formula is C12H13F3O4. The zero-order chi connectivity index (χ0) is 14.6. The molecule has 0 aliphatic heterocycles. The summed E-state index contributed by atoms with van der Waals surface area (Å²) < 4.78 is 46.2. The third-order valence-corrected chi connectivity index (χ3v) is 2.46. The fourth-order valence-corrected chi connectivity index (χ4v) is 1.33. The number of rotatable bonds is 5. The van der Waals surface area contributed by atoms with E-state index in [1.165, 1.54) is 25.3 Å². The molecule has 0 fully saturated rings. The summed E-state index contributed by atoms with van der Waals surface area (Å²) in [5.41, 5.74) is 0.206. The number of hydrogen-bond donors (Lipinski definition) is 1. The number of benzene rings is 1. The van der Waals surface area contributed by atoms with E-state index in [9.17, 15) is 18.0 Å². The number of aromatic carboxylic acids is 1. The van der Waals surface area contributed by atoms with Gasteiger partial charge in [0.25, 0.3) is 0 Å². The lowest BCUT2D eigenvalue weighted by Crippen LogP contribution is -2.28. The minimum absolute atomic E-state index is 0.122. The maximum Gasteiger partial charge on any atom is 0.414 e. The molecule has 0 amide bonds. The van der Waals surface area contributed by atoms with Gasteiger partial charge in [-0.3, -0.25) is 0 Å². The van der Waals surface area contributed by atoms with Crippen LogP contribution >= 0.6 is 0 Å². The van der Waals surface area contributed by atoms with Crippen molar-refractivity contribution in [2.45, 2.75) is 25.8 Å². The largest absolute Gasteiger partial charge is 0.496 e. The summed E-state index contributed by atoms with van der Waals surface area (Å²) in [5.74, 6) is -1.08. The number of carboxylic acids is 1. The first-order valence-corrected chi connectivity index (χ1v) is 5.34. The first-order chi connectivity index (χ1) is 8.75. The molecule has 1 atom stereocenters. The minimum Gasteiger partial charge on any atom is -0.496 e. The van der Waals surface area contributed by atoms with Gasteiger partial charge >= 0.3 is 12.1 Å². The van der Waals surface area contributed by atoms with Crippen molar-refractivity contribution in [3.8, 4) is 5.75 Å². The molecule has 1 aromatic rings. The fraction of sp³-hybridized carbons (Fsp3) is 0.417. The summed E-state index contributed by atoms with van der Waals surface area (Å²) in [6.45, 7) is 0.562. The predicted molar refractivity (Wildman–Crippen MR) is 60.3 cm³/mol. The zero-order valence-corrected chi connectivity index (χ0v) is 10.3. The SMILES string of the molecule is COc1ccc(COC(C)C(F)(F)F)cc1C(=O)O. The molecule has 0 radical (unpaired) electrons. The number of carbonyl (C=O) groups is 1. The first-order valence-electron chi connectivity index (χ1n) is 5.34. The van der Waals surface area contributed by atoms with Gasteiger partial charge in [0.2, 0.25) is 0 Å². The Morgan fingerprint density at radius 1 is 1.42 bits per heavy atom. The standard InChI is InChI=1S/C12H13F3O4/c1-7(12(13,14)15)19-6-8-3-4-10(18-2)9(5-8)11(16)17/h3-5,7H,6H2,1-2H3,(H,16,17). The monoisotopic (exact) mass is 278 g/mol. The maximum atomic E-state index is 12.2. The fourth-order valence-electron chi connectivity index (χ4n) is 1.33. The topological polar surface area (TPSA) is 55.8 Å². The Bertz CT molecular complexity index is 457. The van der Waals surface area contributed by atoms with Gasteiger partial charge in [0.1, 0.15) is 11.3 Å². The van der Waals surface area contributed by atoms with E-state index in [1.54, 1.807) is 0 Å². The highest BCUT2D eigenvalue weighted by Gasteiger charge is 2.36. The van der Waals surface area contributed by atoms with Crippen LogP contribution in [0.4, 0.5) is 13.2 Å². The summed E-state index contributed by atoms with van der Waals surface area (Å²) in [6.07, 6.45) is -6.36. The molecule has 1 aromatic carbocycles. The van der Waals surface area contributed by atoms with E-state index >= 15 is 0 Å². The number of ether oxygens (including phenoxy) is 2. The highest BCUT2D eigenvalue weighted by molar-refractivity contribution is 5.91. The Morgan fingerprint density at radius 2 is 2.05 bits per heavy atom. The normalized spacial score (nSPS) is 13.1. The first kappa shape index (κ1) is 15.3. The van der Waals surface area contributed by atoms with E-state index in [0.717, 1.165) is 6.92 Å². The minimum atomic E-state index is -4.44. The van der Waals surface area contributed by atoms with E-state index in [0.29, 0.717) is 5.56 Å². The smallest absolute Gasteiger partial charge is 0.414 e. The molecule has 0 aliphatic rings. The van der Waals surface area contributed by atoms with E-state index < -0.39 is 18.2 Å². The molecule has 4 nitrogen and oxygen atoms in total. The zero-order valence-electron chi connectivity index (χ0n) is 10.3. The number of hydrogen-bond acceptors (Lipinski definition) is 3. The molecule has 0 bridgehead atoms. The van der Waals surface area contributed by atoms with Gasteiger partial charge in [-0.2, -0.15) is 13.2 Å². The van der Waals surface area contributed by atoms with E-state index in [4.69, 9.17) is 9.84 Å². The van der Waals surface area contributed by atoms with Crippen LogP contribution in [0.25, 0.3) is 0 Å². The van der Waals surface area contributed by atoms with Gasteiger partial charge in [0.15, 0.2) is 6.10 Å². The summed E-state index contributed by atoms with van der Waals surface area (Å²) in [5, 5.41) is 8.93. The van der Waals surface area contributed by atoms with Crippen LogP contribution in [0.2, 0.25) is 0 Å². The second-order valence-corrected chi connectivity index (χ2v) is 3.83. The van der Waals surface area contributed by atoms with Crippen LogP contribution in [-0.2, 0) is 11.3 Å². The van der Waals surface area contributed by atoms with Gasteiger partial charge in [0.05, 0.1) is 13.7 Å². The molecular weight excluding hydrogens is 265 g/mol. The highest BCUT2D eigenvalue weighted by atomic mass is 19.4. The van der Waals surface area contributed by atoms with Crippen molar-refractivity contribution >= 4 is 5.97 Å². The van der Waals surface area contributed by atoms with Gasteiger partial charge in [-0.1, -0.05) is 6.07 Å². The van der Waals surface area contributed by atoms with Crippen molar-refractivity contribution in [3.63, 3.8) is 0 Å². The van der Waals surface area contributed by atoms with Gasteiger partial charge in [0, 0.05) is 0 Å². The summed E-state index contributed by atoms with van der Waals surface area (Å²) in [4.78, 5) is 10.9. The number of carboxylic acid groups (broad SMARTS) is 1. The number of alkyl halides is 3. The Hall–Kier alpha value is -1.76. The molecule has 1 unspecified atom stereocenters. The average Bonchev–Trinajstić information content (AvgIpc) is 2.34. The van der Waals surface area contributed by atoms with Crippen molar-refractivity contribution < 1.29 is 32.5 Å². The van der Waals surface area contributed by atoms with Gasteiger partial charge in [-0.25, -0.2) is 4.79 Å². The molecule has 0 spiro atoms. The van der Waals surface area contributed by atoms with Crippen molar-refractivity contribution in [2.24, 2.45) is 0 Å². The lowest BCUT2D eigenvalue weighted by atomic mass is 10.1. The second-order valence-electron chi connectivity index (χ2n) is 3.83. The Morgan fingerprint density at radius 3 is 2.53 bits per heavy atom. The average molecular weight is 278 g/mol. The molecule has 0 heterocycles. The highest BCUT2D eigenvalue weighted by Crippen LogP contribution is 2.25. The maximum absolute atomic E-state index is 12.2. The Balaban J connectivity index is 2.81. The van der Waals surface area contributed by atoms with Crippen LogP contribution in [0.5, 0.6) is 5.75 Å². The molecule has 1 N–H and O–H groups in total. The van der Waals surface area contributed by atoms with Crippen LogP contribution in [-0.4, -0.2) is 30.5 Å². The molecule has 0 aliphatic carbocycles. The van der Waals surface area contributed by atoms with Crippen LogP contribution in [0.1, 0.15) is 22.8 Å². The van der Waals surface area contributed by atoms with E-state index in [-0.39, 0.29) is 17.9 Å². The van der Waals surface area contributed by atoms with Crippen molar-refractivity contribution in [1.29, 1.82) is 0 Å². The molecule has 0 saturated carbocycles. The van der Waals surface area contributed by atoms with E-state index in [2.05, 4.69) is 4.74 Å². The number of halogens is 3. The Labute approximate surface area is 107 Å². The van der Waals surface area contributed by atoms with Crippen LogP contribution in [0.15, 0.2) is 18.2 Å². The summed E-state index contributed by atoms with van der Waals surface area (Å²) in [7, 11) is 1.31. The molecule has 7 heteroatoms. The quantitative estimate of drug-likeness (QED) is 0.899. The Kier molecular flexibility index (Phi) is 4.77. The lowest BCUT2D eigenvalue weighted by Gasteiger charge is -2.16. The van der Waals surface area contributed by atoms with Crippen LogP contribution < -0.4 is 4.74 Å². The second kappa shape index (κ2) is 5.92. The summed E-state index contributed by atoms with van der Waals surface area (Å²) >= 11 is 0. The third kappa shape index (κ3) is 4.13. The molecule has 1 rings (SSSR count). The lowest BCUT2D eigenvalue weighted by molar-refractivity contribution is -0.217. The number of methoxy groups -OCH3 is 1.